The Kier molecular flexibility index (Phi) is 4.96. The monoisotopic (exact) mass is 416 g/mol. The van der Waals surface area contributed by atoms with E-state index in [0.29, 0.717) is 43.0 Å². The molecular formula is C22H16ClF3N2O. The number of pyridine rings is 1. The van der Waals surface area contributed by atoms with Crippen molar-refractivity contribution in [1.82, 2.24) is 4.98 Å². The van der Waals surface area contributed by atoms with E-state index < -0.39 is 6.30 Å². The Morgan fingerprint density at radius 1 is 0.931 bits per heavy atom. The molecule has 4 aromatic rings. The smallest absolute Gasteiger partial charge is 0.485 e. The summed E-state index contributed by atoms with van der Waals surface area (Å²) in [6, 6.07) is 18.1. The largest absolute Gasteiger partial charge is 0.497 e. The van der Waals surface area contributed by atoms with Crippen LogP contribution in [-0.4, -0.2) is 18.4 Å². The summed E-state index contributed by atoms with van der Waals surface area (Å²) in [5.41, 5.74) is 1.39. The summed E-state index contributed by atoms with van der Waals surface area (Å²) in [7, 11) is 1.47. The number of hydrogen-bond donors (Lipinski definition) is 0. The fourth-order valence-electron chi connectivity index (χ4n) is 3.35. The van der Waals surface area contributed by atoms with Crippen molar-refractivity contribution in [2.75, 3.05) is 12.0 Å². The summed E-state index contributed by atoms with van der Waals surface area (Å²) < 4.78 is 48.0. The van der Waals surface area contributed by atoms with Crippen LogP contribution in [0.15, 0.2) is 66.7 Å². The van der Waals surface area contributed by atoms with E-state index in [0.717, 1.165) is 0 Å². The average Bonchev–Trinajstić information content (AvgIpc) is 2.70. The highest BCUT2D eigenvalue weighted by Gasteiger charge is 2.39. The van der Waals surface area contributed by atoms with Crippen LogP contribution in [0.1, 0.15) is 5.56 Å². The average molecular weight is 417 g/mol. The van der Waals surface area contributed by atoms with Gasteiger partial charge in [0.25, 0.3) is 0 Å². The van der Waals surface area contributed by atoms with Gasteiger partial charge in [-0.3, -0.25) is 4.90 Å². The number of alkyl halides is 3. The molecule has 0 radical (unpaired) electrons. The molecular weight excluding hydrogens is 401 g/mol. The Morgan fingerprint density at radius 2 is 1.69 bits per heavy atom. The first-order valence-electron chi connectivity index (χ1n) is 8.82. The molecule has 0 bridgehead atoms. The lowest BCUT2D eigenvalue weighted by Crippen LogP contribution is -2.37. The van der Waals surface area contributed by atoms with Crippen LogP contribution in [-0.2, 0) is 6.54 Å². The van der Waals surface area contributed by atoms with Gasteiger partial charge in [-0.25, -0.2) is 4.98 Å². The number of fused-ring (bicyclic) bond motifs is 2. The van der Waals surface area contributed by atoms with Crippen molar-refractivity contribution < 1.29 is 17.9 Å². The lowest BCUT2D eigenvalue weighted by Gasteiger charge is -2.29. The molecule has 3 nitrogen and oxygen atoms in total. The van der Waals surface area contributed by atoms with Crippen molar-refractivity contribution in [2.24, 2.45) is 0 Å². The molecule has 0 saturated carbocycles. The van der Waals surface area contributed by atoms with Gasteiger partial charge in [0.05, 0.1) is 30.4 Å². The van der Waals surface area contributed by atoms with Gasteiger partial charge in [0.2, 0.25) is 0 Å². The summed E-state index contributed by atoms with van der Waals surface area (Å²) in [4.78, 5) is 4.96. The van der Waals surface area contributed by atoms with Gasteiger partial charge in [0.1, 0.15) is 5.75 Å². The molecule has 0 spiro atoms. The zero-order chi connectivity index (χ0) is 20.6. The van der Waals surface area contributed by atoms with Crippen LogP contribution in [0, 0.1) is 0 Å². The molecule has 29 heavy (non-hydrogen) atoms. The first-order chi connectivity index (χ1) is 13.9. The maximum atomic E-state index is 14.3. The molecule has 0 N–H and O–H groups in total. The van der Waals surface area contributed by atoms with E-state index in [9.17, 15) is 13.2 Å². The molecule has 4 rings (SSSR count). The number of hydrogen-bond acceptors (Lipinski definition) is 3. The van der Waals surface area contributed by atoms with Gasteiger partial charge < -0.3 is 4.74 Å². The molecule has 0 aliphatic carbocycles. The Balaban J connectivity index is 2.05. The van der Waals surface area contributed by atoms with Crippen molar-refractivity contribution >= 4 is 39.1 Å². The molecule has 3 aromatic carbocycles. The van der Waals surface area contributed by atoms with E-state index in [2.05, 4.69) is 4.98 Å². The van der Waals surface area contributed by atoms with Crippen molar-refractivity contribution in [3.8, 4) is 5.75 Å². The summed E-state index contributed by atoms with van der Waals surface area (Å²) in [5, 5.41) is 1.13. The van der Waals surface area contributed by atoms with Gasteiger partial charge in [-0.05, 0) is 42.0 Å². The van der Waals surface area contributed by atoms with Gasteiger partial charge in [0.15, 0.2) is 0 Å². The second-order valence-corrected chi connectivity index (χ2v) is 6.98. The molecule has 0 aliphatic heterocycles. The third kappa shape index (κ3) is 3.80. The van der Waals surface area contributed by atoms with Crippen LogP contribution in [0.25, 0.3) is 21.8 Å². The number of anilines is 1. The second kappa shape index (κ2) is 7.44. The highest BCUT2D eigenvalue weighted by atomic mass is 35.5. The molecule has 1 aromatic heterocycles. The molecule has 1 heterocycles. The Morgan fingerprint density at radius 3 is 2.38 bits per heavy atom. The summed E-state index contributed by atoms with van der Waals surface area (Å²) in [6.45, 7) is -0.335. The maximum absolute atomic E-state index is 14.3. The van der Waals surface area contributed by atoms with Gasteiger partial charge >= 0.3 is 6.30 Å². The minimum Gasteiger partial charge on any atom is -0.497 e. The van der Waals surface area contributed by atoms with Crippen molar-refractivity contribution in [1.29, 1.82) is 0 Å². The molecule has 0 unspecified atom stereocenters. The first kappa shape index (κ1) is 19.3. The van der Waals surface area contributed by atoms with E-state index >= 15 is 0 Å². The Bertz CT molecular complexity index is 1180. The number of benzene rings is 3. The van der Waals surface area contributed by atoms with Crippen molar-refractivity contribution in [3.05, 3.63) is 77.3 Å². The number of halogens is 4. The second-order valence-electron chi connectivity index (χ2n) is 6.54. The zero-order valence-electron chi connectivity index (χ0n) is 15.4. The van der Waals surface area contributed by atoms with Crippen LogP contribution >= 0.6 is 11.6 Å². The predicted molar refractivity (Wildman–Crippen MR) is 109 cm³/mol. The van der Waals surface area contributed by atoms with Crippen molar-refractivity contribution in [2.45, 2.75) is 12.8 Å². The zero-order valence-corrected chi connectivity index (χ0v) is 16.1. The van der Waals surface area contributed by atoms with E-state index in [1.54, 1.807) is 66.7 Å². The van der Waals surface area contributed by atoms with Gasteiger partial charge in [-0.15, -0.1) is 0 Å². The number of aromatic nitrogens is 1. The first-order valence-corrected chi connectivity index (χ1v) is 9.20. The van der Waals surface area contributed by atoms with E-state index in [1.165, 1.54) is 7.11 Å². The van der Waals surface area contributed by atoms with E-state index in [1.807, 2.05) is 0 Å². The van der Waals surface area contributed by atoms with Crippen LogP contribution in [0.2, 0.25) is 5.02 Å². The highest BCUT2D eigenvalue weighted by molar-refractivity contribution is 6.31. The standard InChI is InChI=1S/C22H16ClF3N2O/c1-29-16-8-10-19-18(12-16)21(17-9-7-15(23)11-20(17)27-19)28(22(24,25)26)13-14-5-3-2-4-6-14/h2-12H,13H2,1H3. The minimum atomic E-state index is -4.61. The highest BCUT2D eigenvalue weighted by Crippen LogP contribution is 2.41. The number of methoxy groups -OCH3 is 1. The third-order valence-electron chi connectivity index (χ3n) is 4.67. The Hall–Kier alpha value is -2.99. The maximum Gasteiger partial charge on any atom is 0.485 e. The lowest BCUT2D eigenvalue weighted by atomic mass is 10.1. The fraction of sp³-hybridized carbons (Fsp3) is 0.136. The molecule has 0 atom stereocenters. The van der Waals surface area contributed by atoms with Crippen LogP contribution in [0.4, 0.5) is 18.9 Å². The topological polar surface area (TPSA) is 25.4 Å². The molecule has 7 heteroatoms. The van der Waals surface area contributed by atoms with Crippen molar-refractivity contribution in [3.63, 3.8) is 0 Å². The fourth-order valence-corrected chi connectivity index (χ4v) is 3.52. The number of ether oxygens (including phenoxy) is 1. The summed E-state index contributed by atoms with van der Waals surface area (Å²) in [5.74, 6) is 0.454. The molecule has 0 aliphatic rings. The SMILES string of the molecule is COc1ccc2nc3cc(Cl)ccc3c(N(Cc3ccccc3)C(F)(F)F)c2c1. The molecule has 148 valence electrons. The number of nitrogens with zero attached hydrogens (tertiary/aromatic N) is 2. The van der Waals surface area contributed by atoms with Crippen LogP contribution < -0.4 is 9.64 Å². The van der Waals surface area contributed by atoms with Crippen LogP contribution in [0.3, 0.4) is 0 Å². The molecule has 0 saturated heterocycles. The molecule has 0 amide bonds. The van der Waals surface area contributed by atoms with E-state index in [-0.39, 0.29) is 12.2 Å². The minimum absolute atomic E-state index is 0.0249. The molecule has 0 fully saturated rings. The lowest BCUT2D eigenvalue weighted by molar-refractivity contribution is -0.130. The number of rotatable bonds is 4. The van der Waals surface area contributed by atoms with E-state index in [4.69, 9.17) is 16.3 Å². The summed E-state index contributed by atoms with van der Waals surface area (Å²) in [6.07, 6.45) is -4.61. The summed E-state index contributed by atoms with van der Waals surface area (Å²) >= 11 is 6.07. The van der Waals surface area contributed by atoms with Crippen LogP contribution in [0.5, 0.6) is 5.75 Å². The van der Waals surface area contributed by atoms with Gasteiger partial charge in [0, 0.05) is 15.8 Å². The third-order valence-corrected chi connectivity index (χ3v) is 4.91. The van der Waals surface area contributed by atoms with Gasteiger partial charge in [-0.1, -0.05) is 41.9 Å². The quantitative estimate of drug-likeness (QED) is 0.277. The van der Waals surface area contributed by atoms with Gasteiger partial charge in [-0.2, -0.15) is 13.2 Å². The predicted octanol–water partition coefficient (Wildman–Crippen LogP) is 6.58. The normalized spacial score (nSPS) is 11.8. The Labute approximate surface area is 170 Å².